The highest BCUT2D eigenvalue weighted by Crippen LogP contribution is 2.18. The summed E-state index contributed by atoms with van der Waals surface area (Å²) in [6.45, 7) is 0.381. The summed E-state index contributed by atoms with van der Waals surface area (Å²) >= 11 is 6.02. The van der Waals surface area contributed by atoms with Crippen molar-refractivity contribution in [1.82, 2.24) is 10.3 Å². The molecule has 0 spiro atoms. The van der Waals surface area contributed by atoms with Gasteiger partial charge in [0.1, 0.15) is 0 Å². The Kier molecular flexibility index (Phi) is 6.02. The SMILES string of the molecule is O=C(NCc1cccnc1)Nc1ccc(NC(=O)c2ccccc2Cl)cc1. The maximum absolute atomic E-state index is 12.2. The Bertz CT molecular complexity index is 930. The van der Waals surface area contributed by atoms with Crippen LogP contribution in [0.3, 0.4) is 0 Å². The summed E-state index contributed by atoms with van der Waals surface area (Å²) in [4.78, 5) is 28.2. The molecule has 136 valence electrons. The van der Waals surface area contributed by atoms with E-state index in [1.807, 2.05) is 12.1 Å². The van der Waals surface area contributed by atoms with Crippen LogP contribution in [0.25, 0.3) is 0 Å². The monoisotopic (exact) mass is 380 g/mol. The van der Waals surface area contributed by atoms with Crippen molar-refractivity contribution in [2.75, 3.05) is 10.6 Å². The van der Waals surface area contributed by atoms with Crippen LogP contribution in [-0.4, -0.2) is 16.9 Å². The molecule has 3 aromatic rings. The Morgan fingerprint density at radius 1 is 0.889 bits per heavy atom. The lowest BCUT2D eigenvalue weighted by Crippen LogP contribution is -2.28. The normalized spacial score (nSPS) is 10.1. The number of hydrogen-bond donors (Lipinski definition) is 3. The lowest BCUT2D eigenvalue weighted by Gasteiger charge is -2.09. The number of carbonyl (C=O) groups excluding carboxylic acids is 2. The number of anilines is 2. The molecule has 0 atom stereocenters. The standard InChI is InChI=1S/C20H17ClN4O2/c21-18-6-2-1-5-17(18)19(26)24-15-7-9-16(10-8-15)25-20(27)23-13-14-4-3-11-22-12-14/h1-12H,13H2,(H,24,26)(H2,23,25,27). The molecule has 3 rings (SSSR count). The minimum absolute atomic E-state index is 0.296. The van der Waals surface area contributed by atoms with Crippen LogP contribution < -0.4 is 16.0 Å². The second-order valence-electron chi connectivity index (χ2n) is 5.68. The second kappa shape index (κ2) is 8.82. The van der Waals surface area contributed by atoms with Gasteiger partial charge in [0.05, 0.1) is 10.6 Å². The van der Waals surface area contributed by atoms with Crippen molar-refractivity contribution in [3.63, 3.8) is 0 Å². The molecule has 0 radical (unpaired) electrons. The van der Waals surface area contributed by atoms with Gasteiger partial charge in [-0.1, -0.05) is 29.8 Å². The number of amides is 3. The highest BCUT2D eigenvalue weighted by Gasteiger charge is 2.10. The predicted molar refractivity (Wildman–Crippen MR) is 106 cm³/mol. The van der Waals surface area contributed by atoms with E-state index >= 15 is 0 Å². The van der Waals surface area contributed by atoms with Gasteiger partial charge in [-0.2, -0.15) is 0 Å². The van der Waals surface area contributed by atoms with Crippen LogP contribution in [0.5, 0.6) is 0 Å². The fraction of sp³-hybridized carbons (Fsp3) is 0.0500. The van der Waals surface area contributed by atoms with Crippen molar-refractivity contribution in [2.45, 2.75) is 6.54 Å². The van der Waals surface area contributed by atoms with Gasteiger partial charge in [0.15, 0.2) is 0 Å². The molecule has 0 saturated carbocycles. The minimum Gasteiger partial charge on any atom is -0.334 e. The Labute approximate surface area is 161 Å². The van der Waals surface area contributed by atoms with Crippen LogP contribution in [0, 0.1) is 0 Å². The quantitative estimate of drug-likeness (QED) is 0.616. The molecule has 1 heterocycles. The van der Waals surface area contributed by atoms with E-state index in [1.54, 1.807) is 60.9 Å². The van der Waals surface area contributed by atoms with Crippen molar-refractivity contribution in [3.05, 3.63) is 89.2 Å². The van der Waals surface area contributed by atoms with E-state index in [9.17, 15) is 9.59 Å². The van der Waals surface area contributed by atoms with E-state index in [1.165, 1.54) is 0 Å². The van der Waals surface area contributed by atoms with E-state index in [0.717, 1.165) is 5.56 Å². The first-order valence-corrected chi connectivity index (χ1v) is 8.59. The van der Waals surface area contributed by atoms with E-state index in [-0.39, 0.29) is 11.9 Å². The zero-order chi connectivity index (χ0) is 19.1. The Hall–Kier alpha value is -3.38. The van der Waals surface area contributed by atoms with Gasteiger partial charge in [-0.15, -0.1) is 0 Å². The molecule has 2 aromatic carbocycles. The fourth-order valence-electron chi connectivity index (χ4n) is 2.34. The van der Waals surface area contributed by atoms with Gasteiger partial charge in [-0.3, -0.25) is 9.78 Å². The van der Waals surface area contributed by atoms with Crippen LogP contribution in [0.4, 0.5) is 16.2 Å². The van der Waals surface area contributed by atoms with E-state index in [2.05, 4.69) is 20.9 Å². The Morgan fingerprint density at radius 2 is 1.59 bits per heavy atom. The van der Waals surface area contributed by atoms with Gasteiger partial charge in [0, 0.05) is 30.3 Å². The van der Waals surface area contributed by atoms with Gasteiger partial charge < -0.3 is 16.0 Å². The molecule has 27 heavy (non-hydrogen) atoms. The third kappa shape index (κ3) is 5.29. The molecule has 0 aliphatic carbocycles. The largest absolute Gasteiger partial charge is 0.334 e. The topological polar surface area (TPSA) is 83.1 Å². The van der Waals surface area contributed by atoms with Crippen LogP contribution in [0.15, 0.2) is 73.1 Å². The first kappa shape index (κ1) is 18.4. The molecule has 3 amide bonds. The summed E-state index contributed by atoms with van der Waals surface area (Å²) < 4.78 is 0. The molecule has 0 aliphatic rings. The molecule has 0 aliphatic heterocycles. The number of halogens is 1. The number of nitrogens with one attached hydrogen (secondary N) is 3. The van der Waals surface area contributed by atoms with Crippen molar-refractivity contribution >= 4 is 34.9 Å². The molecular formula is C20H17ClN4O2. The third-order valence-corrected chi connectivity index (χ3v) is 4.02. The predicted octanol–water partition coefficient (Wildman–Crippen LogP) is 4.31. The fourth-order valence-corrected chi connectivity index (χ4v) is 2.56. The average Bonchev–Trinajstić information content (AvgIpc) is 2.69. The Balaban J connectivity index is 1.53. The number of rotatable bonds is 5. The molecule has 0 saturated heterocycles. The van der Waals surface area contributed by atoms with Gasteiger partial charge >= 0.3 is 6.03 Å². The summed E-state index contributed by atoms with van der Waals surface area (Å²) in [5.74, 6) is -0.296. The van der Waals surface area contributed by atoms with Gasteiger partial charge in [0.25, 0.3) is 5.91 Å². The number of aromatic nitrogens is 1. The van der Waals surface area contributed by atoms with Gasteiger partial charge in [0.2, 0.25) is 0 Å². The summed E-state index contributed by atoms with van der Waals surface area (Å²) in [6.07, 6.45) is 3.37. The second-order valence-corrected chi connectivity index (χ2v) is 6.09. The highest BCUT2D eigenvalue weighted by atomic mass is 35.5. The van der Waals surface area contributed by atoms with E-state index in [4.69, 9.17) is 11.6 Å². The van der Waals surface area contributed by atoms with Crippen LogP contribution in [0.2, 0.25) is 5.02 Å². The third-order valence-electron chi connectivity index (χ3n) is 3.69. The van der Waals surface area contributed by atoms with Crippen LogP contribution in [-0.2, 0) is 6.54 Å². The summed E-state index contributed by atoms with van der Waals surface area (Å²) in [6, 6.07) is 17.0. The number of benzene rings is 2. The zero-order valence-corrected chi connectivity index (χ0v) is 15.0. The summed E-state index contributed by atoms with van der Waals surface area (Å²) in [7, 11) is 0. The first-order valence-electron chi connectivity index (χ1n) is 8.21. The van der Waals surface area contributed by atoms with Crippen molar-refractivity contribution < 1.29 is 9.59 Å². The minimum atomic E-state index is -0.327. The molecule has 0 bridgehead atoms. The molecule has 1 aromatic heterocycles. The molecule has 0 fully saturated rings. The maximum atomic E-state index is 12.2. The first-order chi connectivity index (χ1) is 13.1. The maximum Gasteiger partial charge on any atom is 0.319 e. The van der Waals surface area contributed by atoms with Crippen molar-refractivity contribution in [3.8, 4) is 0 Å². The number of pyridine rings is 1. The highest BCUT2D eigenvalue weighted by molar-refractivity contribution is 6.34. The smallest absolute Gasteiger partial charge is 0.319 e. The summed E-state index contributed by atoms with van der Waals surface area (Å²) in [5.41, 5.74) is 2.51. The average molecular weight is 381 g/mol. The van der Waals surface area contributed by atoms with Crippen molar-refractivity contribution in [2.24, 2.45) is 0 Å². The lowest BCUT2D eigenvalue weighted by molar-refractivity contribution is 0.102. The number of nitrogens with zero attached hydrogens (tertiary/aromatic N) is 1. The molecule has 0 unspecified atom stereocenters. The van der Waals surface area contributed by atoms with E-state index in [0.29, 0.717) is 28.5 Å². The summed E-state index contributed by atoms with van der Waals surface area (Å²) in [5, 5.41) is 8.63. The van der Waals surface area contributed by atoms with E-state index < -0.39 is 0 Å². The zero-order valence-electron chi connectivity index (χ0n) is 14.3. The lowest BCUT2D eigenvalue weighted by atomic mass is 10.2. The molecular weight excluding hydrogens is 364 g/mol. The van der Waals surface area contributed by atoms with Crippen LogP contribution in [0.1, 0.15) is 15.9 Å². The molecule has 6 nitrogen and oxygen atoms in total. The van der Waals surface area contributed by atoms with Crippen LogP contribution >= 0.6 is 11.6 Å². The molecule has 7 heteroatoms. The Morgan fingerprint density at radius 3 is 2.26 bits per heavy atom. The van der Waals surface area contributed by atoms with Gasteiger partial charge in [-0.05, 0) is 48.0 Å². The number of carbonyl (C=O) groups is 2. The van der Waals surface area contributed by atoms with Crippen molar-refractivity contribution in [1.29, 1.82) is 0 Å². The number of urea groups is 1. The van der Waals surface area contributed by atoms with Gasteiger partial charge in [-0.25, -0.2) is 4.79 Å². The molecule has 3 N–H and O–H groups in total. The number of hydrogen-bond acceptors (Lipinski definition) is 3.